The van der Waals surface area contributed by atoms with Gasteiger partial charge in [0.2, 0.25) is 0 Å². The fraction of sp³-hybridized carbons (Fsp3) is 0.0345. The molecule has 0 unspecified atom stereocenters. The van der Waals surface area contributed by atoms with Crippen LogP contribution >= 0.6 is 0 Å². The number of rotatable bonds is 7. The molecule has 1 amide bonds. The average Bonchev–Trinajstić information content (AvgIpc) is 2.89. The fourth-order valence-corrected chi connectivity index (χ4v) is 3.51. The highest BCUT2D eigenvalue weighted by atomic mass is 16.1. The number of nitrogens with one attached hydrogen (secondary N) is 1. The molecular weight excluding hydrogens is 406 g/mol. The zero-order valence-electron chi connectivity index (χ0n) is 18.1. The van der Waals surface area contributed by atoms with E-state index in [1.807, 2.05) is 97.1 Å². The quantitative estimate of drug-likeness (QED) is 0.274. The maximum Gasteiger partial charge on any atom is 0.262 e. The monoisotopic (exact) mass is 429 g/mol. The summed E-state index contributed by atoms with van der Waals surface area (Å²) < 4.78 is 0. The molecule has 0 saturated heterocycles. The highest BCUT2D eigenvalue weighted by molar-refractivity contribution is 6.01. The Labute approximate surface area is 194 Å². The van der Waals surface area contributed by atoms with Crippen LogP contribution in [-0.2, 0) is 11.3 Å². The largest absolute Gasteiger partial charge is 0.347 e. The molecule has 0 saturated carbocycles. The molecule has 4 aromatic rings. The van der Waals surface area contributed by atoms with Crippen LogP contribution in [0.3, 0.4) is 0 Å². The molecule has 0 atom stereocenters. The minimum Gasteiger partial charge on any atom is -0.347 e. The molecule has 0 aliphatic rings. The Hall–Kier alpha value is -4.62. The summed E-state index contributed by atoms with van der Waals surface area (Å²) in [5.74, 6) is -0.388. The van der Waals surface area contributed by atoms with E-state index in [1.165, 1.54) is 0 Å². The lowest BCUT2D eigenvalue weighted by atomic mass is 10.1. The first-order chi connectivity index (χ1) is 16.2. The first kappa shape index (κ1) is 21.6. The van der Waals surface area contributed by atoms with Crippen molar-refractivity contribution in [2.45, 2.75) is 6.54 Å². The third-order valence-electron chi connectivity index (χ3n) is 5.15. The molecular formula is C29H23N3O. The van der Waals surface area contributed by atoms with Crippen molar-refractivity contribution in [3.63, 3.8) is 0 Å². The fourth-order valence-electron chi connectivity index (χ4n) is 3.51. The highest BCUT2D eigenvalue weighted by Gasteiger charge is 2.12. The van der Waals surface area contributed by atoms with Crippen molar-refractivity contribution in [2.24, 2.45) is 0 Å². The van der Waals surface area contributed by atoms with Gasteiger partial charge in [0.15, 0.2) is 0 Å². The number of amides is 1. The molecule has 0 bridgehead atoms. The highest BCUT2D eigenvalue weighted by Crippen LogP contribution is 2.34. The van der Waals surface area contributed by atoms with Gasteiger partial charge in [0.1, 0.15) is 11.6 Å². The molecule has 4 nitrogen and oxygen atoms in total. The Bertz CT molecular complexity index is 1220. The number of anilines is 3. The number of hydrogen-bond acceptors (Lipinski definition) is 3. The second-order valence-electron chi connectivity index (χ2n) is 7.44. The molecule has 0 spiro atoms. The van der Waals surface area contributed by atoms with Gasteiger partial charge in [-0.2, -0.15) is 5.26 Å². The number of para-hydroxylation sites is 2. The van der Waals surface area contributed by atoms with Gasteiger partial charge in [-0.15, -0.1) is 0 Å². The summed E-state index contributed by atoms with van der Waals surface area (Å²) in [7, 11) is 0. The number of carbonyl (C=O) groups is 1. The average molecular weight is 430 g/mol. The van der Waals surface area contributed by atoms with E-state index < -0.39 is 0 Å². The van der Waals surface area contributed by atoms with Crippen LogP contribution in [0.15, 0.2) is 121 Å². The molecule has 0 aromatic heterocycles. The Balaban J connectivity index is 1.55. The second-order valence-corrected chi connectivity index (χ2v) is 7.44. The van der Waals surface area contributed by atoms with Crippen LogP contribution in [0.25, 0.3) is 6.08 Å². The number of hydrogen-bond donors (Lipinski definition) is 1. The Morgan fingerprint density at radius 2 is 1.21 bits per heavy atom. The van der Waals surface area contributed by atoms with Gasteiger partial charge < -0.3 is 10.2 Å². The number of carbonyl (C=O) groups excluding carboxylic acids is 1. The topological polar surface area (TPSA) is 56.1 Å². The van der Waals surface area contributed by atoms with E-state index in [1.54, 1.807) is 6.08 Å². The van der Waals surface area contributed by atoms with Crippen LogP contribution in [0.2, 0.25) is 0 Å². The maximum absolute atomic E-state index is 12.5. The normalized spacial score (nSPS) is 10.8. The summed E-state index contributed by atoms with van der Waals surface area (Å²) >= 11 is 0. The molecule has 0 aliphatic carbocycles. The zero-order chi connectivity index (χ0) is 22.9. The molecule has 4 aromatic carbocycles. The molecule has 4 rings (SSSR count). The van der Waals surface area contributed by atoms with E-state index >= 15 is 0 Å². The van der Waals surface area contributed by atoms with Gasteiger partial charge in [-0.3, -0.25) is 4.79 Å². The minimum atomic E-state index is -0.388. The van der Waals surface area contributed by atoms with E-state index in [2.05, 4.69) is 34.5 Å². The molecule has 1 N–H and O–H groups in total. The van der Waals surface area contributed by atoms with Crippen LogP contribution in [0.1, 0.15) is 11.1 Å². The third-order valence-corrected chi connectivity index (χ3v) is 5.15. The van der Waals surface area contributed by atoms with E-state index in [-0.39, 0.29) is 11.5 Å². The first-order valence-corrected chi connectivity index (χ1v) is 10.7. The molecule has 33 heavy (non-hydrogen) atoms. The number of nitriles is 1. The van der Waals surface area contributed by atoms with Gasteiger partial charge in [-0.1, -0.05) is 78.9 Å². The Morgan fingerprint density at radius 3 is 1.73 bits per heavy atom. The van der Waals surface area contributed by atoms with Gasteiger partial charge in [-0.05, 0) is 53.6 Å². The summed E-state index contributed by atoms with van der Waals surface area (Å²) in [6, 6.07) is 39.7. The molecule has 0 heterocycles. The lowest BCUT2D eigenvalue weighted by Crippen LogP contribution is -2.23. The van der Waals surface area contributed by atoms with E-state index in [0.717, 1.165) is 28.2 Å². The number of nitrogens with zero attached hydrogens (tertiary/aromatic N) is 2. The second kappa shape index (κ2) is 10.6. The first-order valence-electron chi connectivity index (χ1n) is 10.7. The SMILES string of the molecule is N#CC(=Cc1ccc(N(c2ccccc2)c2ccccc2)cc1)C(=O)NCc1ccccc1. The summed E-state index contributed by atoms with van der Waals surface area (Å²) in [6.45, 7) is 0.376. The van der Waals surface area contributed by atoms with Crippen molar-refractivity contribution in [3.05, 3.63) is 132 Å². The third kappa shape index (κ3) is 5.55. The number of benzene rings is 4. The molecule has 0 aliphatic heterocycles. The lowest BCUT2D eigenvalue weighted by Gasteiger charge is -2.25. The van der Waals surface area contributed by atoms with Gasteiger partial charge >= 0.3 is 0 Å². The zero-order valence-corrected chi connectivity index (χ0v) is 18.1. The Morgan fingerprint density at radius 1 is 0.727 bits per heavy atom. The summed E-state index contributed by atoms with van der Waals surface area (Å²) in [5.41, 5.74) is 4.91. The van der Waals surface area contributed by atoms with Crippen molar-refractivity contribution in [2.75, 3.05) is 4.90 Å². The molecule has 0 radical (unpaired) electrons. The summed E-state index contributed by atoms with van der Waals surface area (Å²) in [6.07, 6.45) is 1.61. The maximum atomic E-state index is 12.5. The summed E-state index contributed by atoms with van der Waals surface area (Å²) in [5, 5.41) is 12.3. The predicted octanol–water partition coefficient (Wildman–Crippen LogP) is 6.38. The van der Waals surface area contributed by atoms with Crippen LogP contribution in [-0.4, -0.2) is 5.91 Å². The van der Waals surface area contributed by atoms with Gasteiger partial charge in [0.25, 0.3) is 5.91 Å². The van der Waals surface area contributed by atoms with Gasteiger partial charge in [0.05, 0.1) is 0 Å². The standard InChI is InChI=1S/C29H23N3O/c30-21-25(29(33)31-22-24-10-4-1-5-11-24)20-23-16-18-28(19-17-23)32(26-12-6-2-7-13-26)27-14-8-3-9-15-27/h1-20H,22H2,(H,31,33). The van der Waals surface area contributed by atoms with Crippen LogP contribution < -0.4 is 10.2 Å². The van der Waals surface area contributed by atoms with E-state index in [0.29, 0.717) is 6.54 Å². The van der Waals surface area contributed by atoms with Gasteiger partial charge in [-0.25, -0.2) is 0 Å². The lowest BCUT2D eigenvalue weighted by molar-refractivity contribution is -0.117. The van der Waals surface area contributed by atoms with Crippen LogP contribution in [0, 0.1) is 11.3 Å². The smallest absolute Gasteiger partial charge is 0.262 e. The van der Waals surface area contributed by atoms with E-state index in [4.69, 9.17) is 0 Å². The van der Waals surface area contributed by atoms with Crippen LogP contribution in [0.5, 0.6) is 0 Å². The van der Waals surface area contributed by atoms with E-state index in [9.17, 15) is 10.1 Å². The van der Waals surface area contributed by atoms with Crippen molar-refractivity contribution in [3.8, 4) is 6.07 Å². The molecule has 4 heteroatoms. The van der Waals surface area contributed by atoms with Crippen molar-refractivity contribution in [1.29, 1.82) is 5.26 Å². The Kier molecular flexibility index (Phi) is 6.95. The van der Waals surface area contributed by atoms with Crippen molar-refractivity contribution in [1.82, 2.24) is 5.32 Å². The van der Waals surface area contributed by atoms with Crippen LogP contribution in [0.4, 0.5) is 17.1 Å². The van der Waals surface area contributed by atoms with Gasteiger partial charge in [0, 0.05) is 23.6 Å². The predicted molar refractivity (Wildman–Crippen MR) is 133 cm³/mol. The molecule has 0 fully saturated rings. The molecule has 160 valence electrons. The van der Waals surface area contributed by atoms with Crippen molar-refractivity contribution >= 4 is 29.0 Å². The van der Waals surface area contributed by atoms with Crippen molar-refractivity contribution < 1.29 is 4.79 Å². The summed E-state index contributed by atoms with van der Waals surface area (Å²) in [4.78, 5) is 14.6. The minimum absolute atomic E-state index is 0.0710.